The van der Waals surface area contributed by atoms with Gasteiger partial charge in [-0.15, -0.1) is 0 Å². The second-order valence-electron chi connectivity index (χ2n) is 4.98. The van der Waals surface area contributed by atoms with Crippen molar-refractivity contribution in [3.8, 4) is 0 Å². The molecule has 0 aliphatic rings. The molecule has 2 aromatic carbocycles. The summed E-state index contributed by atoms with van der Waals surface area (Å²) in [5, 5.41) is 2.76. The van der Waals surface area contributed by atoms with Crippen molar-refractivity contribution in [3.63, 3.8) is 0 Å². The van der Waals surface area contributed by atoms with E-state index in [1.807, 2.05) is 32.9 Å². The van der Waals surface area contributed by atoms with Gasteiger partial charge in [0.15, 0.2) is 11.6 Å². The van der Waals surface area contributed by atoms with Gasteiger partial charge in [0.05, 0.1) is 5.69 Å². The van der Waals surface area contributed by atoms with E-state index in [1.165, 1.54) is 0 Å². The Kier molecular flexibility index (Phi) is 4.02. The zero-order valence-corrected chi connectivity index (χ0v) is 11.7. The first kappa shape index (κ1) is 14.4. The lowest BCUT2D eigenvalue weighted by Gasteiger charge is -2.14. The fourth-order valence-electron chi connectivity index (χ4n) is 2.36. The molecular weight excluding hydrogens is 263 g/mol. The standard InChI is InChI=1S/C16H16F3N/c1-9-4-10(2)13(11(3)5-9)8-20-15-7-12(17)6-14(18)16(15)19/h4-7,20H,8H2,1-3H3. The third kappa shape index (κ3) is 2.95. The van der Waals surface area contributed by atoms with E-state index in [-0.39, 0.29) is 5.69 Å². The molecule has 0 atom stereocenters. The lowest BCUT2D eigenvalue weighted by molar-refractivity contribution is 0.497. The molecule has 0 spiro atoms. The maximum Gasteiger partial charge on any atom is 0.182 e. The molecule has 0 heterocycles. The van der Waals surface area contributed by atoms with Crippen molar-refractivity contribution in [2.75, 3.05) is 5.32 Å². The molecular formula is C16H16F3N. The summed E-state index contributed by atoms with van der Waals surface area (Å²) < 4.78 is 39.8. The first-order chi connectivity index (χ1) is 9.38. The van der Waals surface area contributed by atoms with Gasteiger partial charge in [0, 0.05) is 18.7 Å². The van der Waals surface area contributed by atoms with E-state index in [1.54, 1.807) is 0 Å². The second kappa shape index (κ2) is 5.57. The molecule has 4 heteroatoms. The predicted molar refractivity (Wildman–Crippen MR) is 74.3 cm³/mol. The summed E-state index contributed by atoms with van der Waals surface area (Å²) in [6.07, 6.45) is 0. The van der Waals surface area contributed by atoms with Gasteiger partial charge in [0.25, 0.3) is 0 Å². The van der Waals surface area contributed by atoms with Crippen LogP contribution in [0, 0.1) is 38.2 Å². The Morgan fingerprint density at radius 3 is 2.10 bits per heavy atom. The maximum absolute atomic E-state index is 13.5. The Labute approximate surface area is 116 Å². The minimum Gasteiger partial charge on any atom is -0.378 e. The van der Waals surface area contributed by atoms with Crippen LogP contribution in [0.1, 0.15) is 22.3 Å². The van der Waals surface area contributed by atoms with Gasteiger partial charge >= 0.3 is 0 Å². The number of halogens is 3. The summed E-state index contributed by atoms with van der Waals surface area (Å²) in [5.41, 5.74) is 4.10. The van der Waals surface area contributed by atoms with Crippen LogP contribution in [0.15, 0.2) is 24.3 Å². The minimum atomic E-state index is -1.19. The van der Waals surface area contributed by atoms with Crippen LogP contribution in [0.25, 0.3) is 0 Å². The minimum absolute atomic E-state index is 0.165. The second-order valence-corrected chi connectivity index (χ2v) is 4.98. The summed E-state index contributed by atoms with van der Waals surface area (Å²) in [7, 11) is 0. The molecule has 2 aromatic rings. The maximum atomic E-state index is 13.5. The molecule has 1 nitrogen and oxygen atoms in total. The topological polar surface area (TPSA) is 12.0 Å². The van der Waals surface area contributed by atoms with Crippen LogP contribution in [0.5, 0.6) is 0 Å². The summed E-state index contributed by atoms with van der Waals surface area (Å²) in [6, 6.07) is 5.53. The van der Waals surface area contributed by atoms with Gasteiger partial charge in [0.2, 0.25) is 0 Å². The van der Waals surface area contributed by atoms with Crippen molar-refractivity contribution in [2.45, 2.75) is 27.3 Å². The van der Waals surface area contributed by atoms with Gasteiger partial charge in [-0.3, -0.25) is 0 Å². The number of anilines is 1. The zero-order chi connectivity index (χ0) is 14.9. The summed E-state index contributed by atoms with van der Waals surface area (Å²) in [4.78, 5) is 0. The monoisotopic (exact) mass is 279 g/mol. The Hall–Kier alpha value is -1.97. The van der Waals surface area contributed by atoms with Gasteiger partial charge in [-0.25, -0.2) is 13.2 Å². The molecule has 0 aromatic heterocycles. The van der Waals surface area contributed by atoms with E-state index in [0.29, 0.717) is 12.6 Å². The lowest BCUT2D eigenvalue weighted by atomic mass is 10.00. The molecule has 0 aliphatic heterocycles. The number of hydrogen-bond acceptors (Lipinski definition) is 1. The van der Waals surface area contributed by atoms with Crippen molar-refractivity contribution >= 4 is 5.69 Å². The highest BCUT2D eigenvalue weighted by molar-refractivity contribution is 5.48. The number of rotatable bonds is 3. The van der Waals surface area contributed by atoms with Crippen LogP contribution >= 0.6 is 0 Å². The third-order valence-electron chi connectivity index (χ3n) is 3.29. The molecule has 0 saturated carbocycles. The highest BCUT2D eigenvalue weighted by Crippen LogP contribution is 2.22. The van der Waals surface area contributed by atoms with Gasteiger partial charge in [-0.2, -0.15) is 0 Å². The Morgan fingerprint density at radius 2 is 1.50 bits per heavy atom. The fourth-order valence-corrected chi connectivity index (χ4v) is 2.36. The fraction of sp³-hybridized carbons (Fsp3) is 0.250. The van der Waals surface area contributed by atoms with E-state index in [2.05, 4.69) is 5.32 Å². The van der Waals surface area contributed by atoms with E-state index < -0.39 is 17.5 Å². The third-order valence-corrected chi connectivity index (χ3v) is 3.29. The van der Waals surface area contributed by atoms with Gasteiger partial charge in [-0.05, 0) is 37.5 Å². The Balaban J connectivity index is 2.26. The van der Waals surface area contributed by atoms with E-state index in [9.17, 15) is 13.2 Å². The molecule has 0 bridgehead atoms. The lowest BCUT2D eigenvalue weighted by Crippen LogP contribution is -2.06. The van der Waals surface area contributed by atoms with Gasteiger partial charge < -0.3 is 5.32 Å². The average Bonchev–Trinajstić information content (AvgIpc) is 2.33. The molecule has 0 radical (unpaired) electrons. The summed E-state index contributed by atoms with van der Waals surface area (Å²) >= 11 is 0. The van der Waals surface area contributed by atoms with E-state index in [4.69, 9.17) is 0 Å². The van der Waals surface area contributed by atoms with Crippen molar-refractivity contribution in [1.29, 1.82) is 0 Å². The molecule has 20 heavy (non-hydrogen) atoms. The van der Waals surface area contributed by atoms with Crippen LogP contribution in [-0.4, -0.2) is 0 Å². The highest BCUT2D eigenvalue weighted by Gasteiger charge is 2.11. The van der Waals surface area contributed by atoms with Crippen LogP contribution < -0.4 is 5.32 Å². The number of aryl methyl sites for hydroxylation is 3. The van der Waals surface area contributed by atoms with Crippen molar-refractivity contribution in [3.05, 3.63) is 64.0 Å². The molecule has 0 unspecified atom stereocenters. The molecule has 0 fully saturated rings. The number of hydrogen-bond donors (Lipinski definition) is 1. The molecule has 106 valence electrons. The first-order valence-corrected chi connectivity index (χ1v) is 6.33. The van der Waals surface area contributed by atoms with Crippen LogP contribution in [0.2, 0.25) is 0 Å². The Morgan fingerprint density at radius 1 is 0.900 bits per heavy atom. The normalized spacial score (nSPS) is 10.7. The summed E-state index contributed by atoms with van der Waals surface area (Å²) in [6.45, 7) is 6.23. The summed E-state index contributed by atoms with van der Waals surface area (Å²) in [5.74, 6) is -3.05. The van der Waals surface area contributed by atoms with E-state index >= 15 is 0 Å². The zero-order valence-electron chi connectivity index (χ0n) is 11.7. The molecule has 1 N–H and O–H groups in total. The molecule has 2 rings (SSSR count). The average molecular weight is 279 g/mol. The predicted octanol–water partition coefficient (Wildman–Crippen LogP) is 4.64. The van der Waals surface area contributed by atoms with Gasteiger partial charge in [-0.1, -0.05) is 17.7 Å². The number of benzene rings is 2. The quantitative estimate of drug-likeness (QED) is 0.807. The van der Waals surface area contributed by atoms with Crippen LogP contribution in [0.3, 0.4) is 0 Å². The molecule has 0 amide bonds. The largest absolute Gasteiger partial charge is 0.378 e. The van der Waals surface area contributed by atoms with Crippen molar-refractivity contribution in [1.82, 2.24) is 0 Å². The SMILES string of the molecule is Cc1cc(C)c(CNc2cc(F)cc(F)c2F)c(C)c1. The highest BCUT2D eigenvalue weighted by atomic mass is 19.2. The van der Waals surface area contributed by atoms with Crippen molar-refractivity contribution < 1.29 is 13.2 Å². The van der Waals surface area contributed by atoms with Gasteiger partial charge in [0.1, 0.15) is 5.82 Å². The first-order valence-electron chi connectivity index (χ1n) is 6.33. The molecule has 0 aliphatic carbocycles. The number of nitrogens with one attached hydrogen (secondary N) is 1. The van der Waals surface area contributed by atoms with Crippen molar-refractivity contribution in [2.24, 2.45) is 0 Å². The van der Waals surface area contributed by atoms with Crippen LogP contribution in [-0.2, 0) is 6.54 Å². The molecule has 0 saturated heterocycles. The smallest absolute Gasteiger partial charge is 0.182 e. The van der Waals surface area contributed by atoms with Crippen LogP contribution in [0.4, 0.5) is 18.9 Å². The van der Waals surface area contributed by atoms with E-state index in [0.717, 1.165) is 28.3 Å². The Bertz CT molecular complexity index is 627.